The van der Waals surface area contributed by atoms with E-state index >= 15 is 0 Å². The molecule has 0 radical (unpaired) electrons. The van der Waals surface area contributed by atoms with Crippen molar-refractivity contribution < 1.29 is 9.59 Å². The molecule has 0 fully saturated rings. The minimum absolute atomic E-state index is 0.173. The second-order valence-corrected chi connectivity index (χ2v) is 5.34. The predicted octanol–water partition coefficient (Wildman–Crippen LogP) is 2.16. The van der Waals surface area contributed by atoms with Gasteiger partial charge in [-0.25, -0.2) is 0 Å². The van der Waals surface area contributed by atoms with E-state index in [-0.39, 0.29) is 18.2 Å². The zero-order valence-corrected chi connectivity index (χ0v) is 12.3. The van der Waals surface area contributed by atoms with E-state index in [4.69, 9.17) is 28.9 Å². The first kappa shape index (κ1) is 15.8. The Kier molecular flexibility index (Phi) is 5.63. The third-order valence-electron chi connectivity index (χ3n) is 2.65. The van der Waals surface area contributed by atoms with Crippen LogP contribution in [0.2, 0.25) is 10.0 Å². The molecule has 1 aromatic carbocycles. The number of carbonyl (C=O) groups excluding carboxylic acids is 2. The van der Waals surface area contributed by atoms with Crippen LogP contribution in [-0.2, 0) is 16.0 Å². The van der Waals surface area contributed by atoms with Gasteiger partial charge in [-0.15, -0.1) is 0 Å². The molecule has 1 aromatic rings. The Bertz CT molecular complexity index is 469. The number of nitrogens with two attached hydrogens (primary N) is 1. The van der Waals surface area contributed by atoms with Crippen molar-refractivity contribution in [2.45, 2.75) is 26.3 Å². The molecule has 0 unspecified atom stereocenters. The standard InChI is InChI=1S/C13H16Cl2N2O2/c1-7(2)13(19)17-11(12(16)18)6-8-9(14)4-3-5-10(8)15/h3-5,7,11H,6H2,1-2H3,(H2,16,18)(H,17,19)/t11-/m1/s1. The fraction of sp³-hybridized carbons (Fsp3) is 0.385. The summed E-state index contributed by atoms with van der Waals surface area (Å²) in [4.78, 5) is 23.0. The molecule has 0 saturated heterocycles. The number of carbonyl (C=O) groups is 2. The van der Waals surface area contributed by atoms with Gasteiger partial charge in [0.15, 0.2) is 0 Å². The first-order chi connectivity index (χ1) is 8.82. The number of hydrogen-bond acceptors (Lipinski definition) is 2. The first-order valence-electron chi connectivity index (χ1n) is 5.85. The first-order valence-corrected chi connectivity index (χ1v) is 6.61. The molecule has 1 atom stereocenters. The molecule has 104 valence electrons. The summed E-state index contributed by atoms with van der Waals surface area (Å²) in [6.07, 6.45) is 0.173. The normalized spacial score (nSPS) is 12.3. The molecule has 3 N–H and O–H groups in total. The molecule has 0 aliphatic carbocycles. The predicted molar refractivity (Wildman–Crippen MR) is 76.1 cm³/mol. The maximum atomic E-state index is 11.6. The Morgan fingerprint density at radius 3 is 2.21 bits per heavy atom. The van der Waals surface area contributed by atoms with E-state index < -0.39 is 11.9 Å². The molecule has 0 aromatic heterocycles. The average molecular weight is 303 g/mol. The molecule has 6 heteroatoms. The number of primary amides is 1. The fourth-order valence-corrected chi connectivity index (χ4v) is 2.04. The van der Waals surface area contributed by atoms with Crippen molar-refractivity contribution in [3.63, 3.8) is 0 Å². The van der Waals surface area contributed by atoms with Gasteiger partial charge in [0.2, 0.25) is 11.8 Å². The van der Waals surface area contributed by atoms with E-state index in [1.165, 1.54) is 0 Å². The van der Waals surface area contributed by atoms with Crippen LogP contribution in [0, 0.1) is 5.92 Å². The van der Waals surface area contributed by atoms with Crippen molar-refractivity contribution in [1.29, 1.82) is 0 Å². The largest absolute Gasteiger partial charge is 0.368 e. The lowest BCUT2D eigenvalue weighted by Crippen LogP contribution is -2.47. The molecule has 0 aliphatic heterocycles. The summed E-state index contributed by atoms with van der Waals surface area (Å²) in [7, 11) is 0. The minimum Gasteiger partial charge on any atom is -0.368 e. The number of halogens is 2. The number of nitrogens with one attached hydrogen (secondary N) is 1. The lowest BCUT2D eigenvalue weighted by molar-refractivity contribution is -0.129. The van der Waals surface area contributed by atoms with Crippen molar-refractivity contribution >= 4 is 35.0 Å². The van der Waals surface area contributed by atoms with Crippen molar-refractivity contribution in [1.82, 2.24) is 5.32 Å². The molecule has 0 bridgehead atoms. The molecular formula is C13H16Cl2N2O2. The zero-order chi connectivity index (χ0) is 14.6. The van der Waals surface area contributed by atoms with Gasteiger partial charge in [-0.2, -0.15) is 0 Å². The highest BCUT2D eigenvalue weighted by molar-refractivity contribution is 6.36. The lowest BCUT2D eigenvalue weighted by atomic mass is 10.0. The molecular weight excluding hydrogens is 287 g/mol. The van der Waals surface area contributed by atoms with Crippen LogP contribution in [-0.4, -0.2) is 17.9 Å². The molecule has 0 spiro atoms. The number of benzene rings is 1. The van der Waals surface area contributed by atoms with Crippen LogP contribution in [0.5, 0.6) is 0 Å². The Balaban J connectivity index is 2.91. The zero-order valence-electron chi connectivity index (χ0n) is 10.7. The Morgan fingerprint density at radius 1 is 1.26 bits per heavy atom. The monoisotopic (exact) mass is 302 g/mol. The van der Waals surface area contributed by atoms with Crippen LogP contribution in [0.1, 0.15) is 19.4 Å². The van der Waals surface area contributed by atoms with Crippen molar-refractivity contribution in [3.05, 3.63) is 33.8 Å². The Morgan fingerprint density at radius 2 is 1.79 bits per heavy atom. The van der Waals surface area contributed by atoms with Crippen LogP contribution in [0.25, 0.3) is 0 Å². The molecule has 19 heavy (non-hydrogen) atoms. The highest BCUT2D eigenvalue weighted by atomic mass is 35.5. The van der Waals surface area contributed by atoms with Gasteiger partial charge in [0.25, 0.3) is 0 Å². The van der Waals surface area contributed by atoms with Crippen LogP contribution in [0.4, 0.5) is 0 Å². The highest BCUT2D eigenvalue weighted by Gasteiger charge is 2.22. The summed E-state index contributed by atoms with van der Waals surface area (Å²) in [5, 5.41) is 3.47. The third-order valence-corrected chi connectivity index (χ3v) is 3.36. The summed E-state index contributed by atoms with van der Waals surface area (Å²) in [6, 6.07) is 4.23. The van der Waals surface area contributed by atoms with Gasteiger partial charge >= 0.3 is 0 Å². The smallest absolute Gasteiger partial charge is 0.240 e. The van der Waals surface area contributed by atoms with Crippen molar-refractivity contribution in [2.75, 3.05) is 0 Å². The van der Waals surface area contributed by atoms with Crippen molar-refractivity contribution in [3.8, 4) is 0 Å². The van der Waals surface area contributed by atoms with Gasteiger partial charge in [-0.1, -0.05) is 43.1 Å². The molecule has 1 rings (SSSR count). The maximum absolute atomic E-state index is 11.6. The maximum Gasteiger partial charge on any atom is 0.240 e. The number of hydrogen-bond donors (Lipinski definition) is 2. The Labute approximate surface area is 122 Å². The Hall–Kier alpha value is -1.26. The second kappa shape index (κ2) is 6.78. The quantitative estimate of drug-likeness (QED) is 0.875. The van der Waals surface area contributed by atoms with Crippen LogP contribution in [0.15, 0.2) is 18.2 Å². The molecule has 2 amide bonds. The van der Waals surface area contributed by atoms with Gasteiger partial charge in [0.05, 0.1) is 0 Å². The highest BCUT2D eigenvalue weighted by Crippen LogP contribution is 2.25. The van der Waals surface area contributed by atoms with E-state index in [0.717, 1.165) is 0 Å². The fourth-order valence-electron chi connectivity index (χ4n) is 1.49. The van der Waals surface area contributed by atoms with Crippen LogP contribution in [0.3, 0.4) is 0 Å². The van der Waals surface area contributed by atoms with Crippen LogP contribution < -0.4 is 11.1 Å². The summed E-state index contributed by atoms with van der Waals surface area (Å²) in [6.45, 7) is 3.46. The van der Waals surface area contributed by atoms with Gasteiger partial charge in [0.1, 0.15) is 6.04 Å². The summed E-state index contributed by atoms with van der Waals surface area (Å²) < 4.78 is 0. The molecule has 4 nitrogen and oxygen atoms in total. The third kappa shape index (κ3) is 4.40. The van der Waals surface area contributed by atoms with E-state index in [2.05, 4.69) is 5.32 Å². The number of rotatable bonds is 5. The topological polar surface area (TPSA) is 72.2 Å². The lowest BCUT2D eigenvalue weighted by Gasteiger charge is -2.18. The van der Waals surface area contributed by atoms with E-state index in [0.29, 0.717) is 15.6 Å². The average Bonchev–Trinajstić information content (AvgIpc) is 2.31. The van der Waals surface area contributed by atoms with Gasteiger partial charge in [0, 0.05) is 22.4 Å². The minimum atomic E-state index is -0.827. The number of amides is 2. The van der Waals surface area contributed by atoms with Crippen LogP contribution >= 0.6 is 23.2 Å². The molecule has 0 aliphatic rings. The van der Waals surface area contributed by atoms with Gasteiger partial charge in [-0.3, -0.25) is 9.59 Å². The van der Waals surface area contributed by atoms with Gasteiger partial charge < -0.3 is 11.1 Å². The van der Waals surface area contributed by atoms with E-state index in [1.807, 2.05) is 0 Å². The molecule has 0 saturated carbocycles. The summed E-state index contributed by atoms with van der Waals surface area (Å²) in [5.74, 6) is -1.10. The van der Waals surface area contributed by atoms with E-state index in [9.17, 15) is 9.59 Å². The molecule has 0 heterocycles. The second-order valence-electron chi connectivity index (χ2n) is 4.52. The summed E-state index contributed by atoms with van der Waals surface area (Å²) in [5.41, 5.74) is 5.89. The summed E-state index contributed by atoms with van der Waals surface area (Å²) >= 11 is 12.1. The van der Waals surface area contributed by atoms with Gasteiger partial charge in [-0.05, 0) is 17.7 Å². The van der Waals surface area contributed by atoms with Crippen molar-refractivity contribution in [2.24, 2.45) is 11.7 Å². The SMILES string of the molecule is CC(C)C(=O)N[C@H](Cc1c(Cl)cccc1Cl)C(N)=O. The van der Waals surface area contributed by atoms with E-state index in [1.54, 1.807) is 32.0 Å².